The molecule has 1 N–H and O–H groups in total. The lowest BCUT2D eigenvalue weighted by Gasteiger charge is -2.27. The van der Waals surface area contributed by atoms with Crippen LogP contribution in [0.2, 0.25) is 0 Å². The number of hydrogen-bond donors (Lipinski definition) is 1. The molecule has 2 rings (SSSR count). The summed E-state index contributed by atoms with van der Waals surface area (Å²) in [6, 6.07) is 8.64. The van der Waals surface area contributed by atoms with Gasteiger partial charge in [0, 0.05) is 19.5 Å². The van der Waals surface area contributed by atoms with Gasteiger partial charge in [0.15, 0.2) is 9.84 Å². The van der Waals surface area contributed by atoms with E-state index < -0.39 is 27.5 Å². The zero-order valence-corrected chi connectivity index (χ0v) is 14.8. The molecule has 8 heteroatoms. The summed E-state index contributed by atoms with van der Waals surface area (Å²) < 4.78 is 29.7. The Bertz CT molecular complexity index is 682. The van der Waals surface area contributed by atoms with E-state index in [4.69, 9.17) is 4.74 Å². The summed E-state index contributed by atoms with van der Waals surface area (Å²) in [5.74, 6) is -3.09. The Kier molecular flexibility index (Phi) is 6.95. The van der Waals surface area contributed by atoms with Crippen LogP contribution in [0.15, 0.2) is 30.3 Å². The van der Waals surface area contributed by atoms with Crippen LogP contribution in [0.25, 0.3) is 0 Å². The van der Waals surface area contributed by atoms with Gasteiger partial charge in [0.25, 0.3) is 0 Å². The number of carboxylic acid groups (broad SMARTS) is 1. The highest BCUT2D eigenvalue weighted by Gasteiger charge is 2.27. The van der Waals surface area contributed by atoms with Crippen molar-refractivity contribution in [2.75, 3.05) is 32.1 Å². The van der Waals surface area contributed by atoms with Crippen LogP contribution in [0.3, 0.4) is 0 Å². The zero-order valence-electron chi connectivity index (χ0n) is 14.0. The molecule has 0 unspecified atom stereocenters. The van der Waals surface area contributed by atoms with E-state index in [9.17, 15) is 23.1 Å². The van der Waals surface area contributed by atoms with Gasteiger partial charge < -0.3 is 14.7 Å². The van der Waals surface area contributed by atoms with E-state index in [0.717, 1.165) is 0 Å². The Balaban J connectivity index is 1.91. The van der Waals surface area contributed by atoms with E-state index in [1.54, 1.807) is 35.2 Å². The van der Waals surface area contributed by atoms with Crippen LogP contribution in [0, 0.1) is 5.92 Å². The summed E-state index contributed by atoms with van der Waals surface area (Å²) in [7, 11) is -3.58. The van der Waals surface area contributed by atoms with Gasteiger partial charge in [-0.3, -0.25) is 9.59 Å². The van der Waals surface area contributed by atoms with Gasteiger partial charge >= 0.3 is 5.97 Å². The van der Waals surface area contributed by atoms with Gasteiger partial charge in [-0.15, -0.1) is 0 Å². The predicted octanol–water partition coefficient (Wildman–Crippen LogP) is 0.941. The zero-order chi connectivity index (χ0) is 18.3. The smallest absolute Gasteiger partial charge is 0.307 e. The lowest BCUT2D eigenvalue weighted by atomic mass is 10.1. The maximum absolute atomic E-state index is 12.3. The maximum atomic E-state index is 12.3. The summed E-state index contributed by atoms with van der Waals surface area (Å²) in [4.78, 5) is 25.1. The van der Waals surface area contributed by atoms with E-state index in [0.29, 0.717) is 31.9 Å². The molecule has 0 saturated carbocycles. The van der Waals surface area contributed by atoms with Crippen molar-refractivity contribution in [2.45, 2.75) is 18.6 Å². The fraction of sp³-hybridized carbons (Fsp3) is 0.529. The second-order valence-electron chi connectivity index (χ2n) is 6.11. The molecule has 1 atom stereocenters. The van der Waals surface area contributed by atoms with Crippen molar-refractivity contribution in [3.63, 3.8) is 0 Å². The predicted molar refractivity (Wildman–Crippen MR) is 91.7 cm³/mol. The number of sulfone groups is 1. The third-order valence-electron chi connectivity index (χ3n) is 4.10. The molecule has 0 radical (unpaired) electrons. The first-order valence-electron chi connectivity index (χ1n) is 8.20. The molecule has 0 bridgehead atoms. The van der Waals surface area contributed by atoms with Crippen molar-refractivity contribution in [3.05, 3.63) is 35.9 Å². The first kappa shape index (κ1) is 19.4. The second kappa shape index (κ2) is 8.96. The number of morpholine rings is 1. The molecule has 25 heavy (non-hydrogen) atoms. The number of hydrogen-bond acceptors (Lipinski definition) is 5. The number of nitrogens with zero attached hydrogens (tertiary/aromatic N) is 1. The number of benzene rings is 1. The van der Waals surface area contributed by atoms with E-state index in [1.165, 1.54) is 0 Å². The maximum Gasteiger partial charge on any atom is 0.307 e. The van der Waals surface area contributed by atoms with Gasteiger partial charge in [-0.25, -0.2) is 8.42 Å². The third-order valence-corrected chi connectivity index (χ3v) is 5.79. The van der Waals surface area contributed by atoms with Gasteiger partial charge in [-0.1, -0.05) is 30.3 Å². The van der Waals surface area contributed by atoms with Crippen molar-refractivity contribution in [2.24, 2.45) is 5.92 Å². The Morgan fingerprint density at radius 1 is 1.16 bits per heavy atom. The van der Waals surface area contributed by atoms with Crippen LogP contribution in [0.5, 0.6) is 0 Å². The lowest BCUT2D eigenvalue weighted by Crippen LogP contribution is -2.41. The molecule has 7 nitrogen and oxygen atoms in total. The number of carboxylic acids is 1. The first-order chi connectivity index (χ1) is 11.9. The topological polar surface area (TPSA) is 101 Å². The van der Waals surface area contributed by atoms with Crippen LogP contribution in [0.4, 0.5) is 0 Å². The number of amides is 1. The highest BCUT2D eigenvalue weighted by molar-refractivity contribution is 7.90. The molecule has 138 valence electrons. The van der Waals surface area contributed by atoms with Crippen molar-refractivity contribution in [3.8, 4) is 0 Å². The summed E-state index contributed by atoms with van der Waals surface area (Å²) in [6.45, 7) is 1.92. The fourth-order valence-corrected chi connectivity index (χ4v) is 4.48. The van der Waals surface area contributed by atoms with Gasteiger partial charge in [-0.05, 0) is 12.0 Å². The van der Waals surface area contributed by atoms with Gasteiger partial charge in [-0.2, -0.15) is 0 Å². The number of rotatable bonds is 8. The van der Waals surface area contributed by atoms with Crippen molar-refractivity contribution < 1.29 is 27.9 Å². The van der Waals surface area contributed by atoms with Crippen molar-refractivity contribution in [1.29, 1.82) is 0 Å². The molecule has 1 fully saturated rings. The standard InChI is InChI=1S/C17H23NO6S/c19-16(18-8-10-24-11-9-18)7-6-15(17(20)21)13-25(22,23)12-14-4-2-1-3-5-14/h1-5,15H,6-13H2,(H,20,21)/t15-/m0/s1. The Morgan fingerprint density at radius 2 is 1.80 bits per heavy atom. The molecular weight excluding hydrogens is 346 g/mol. The molecule has 1 heterocycles. The average Bonchev–Trinajstić information content (AvgIpc) is 2.59. The number of carbonyl (C=O) groups is 2. The van der Waals surface area contributed by atoms with Crippen LogP contribution < -0.4 is 0 Å². The SMILES string of the molecule is O=C(O)[C@@H](CCC(=O)N1CCOCC1)CS(=O)(=O)Cc1ccccc1. The fourth-order valence-electron chi connectivity index (χ4n) is 2.74. The van der Waals surface area contributed by atoms with Crippen LogP contribution in [-0.4, -0.2) is 62.4 Å². The molecule has 1 saturated heterocycles. The normalized spacial score (nSPS) is 16.4. The van der Waals surface area contributed by atoms with E-state index in [2.05, 4.69) is 0 Å². The minimum absolute atomic E-state index is 0.0134. The number of aliphatic carboxylic acids is 1. The Labute approximate surface area is 147 Å². The molecule has 0 spiro atoms. The molecule has 1 aromatic carbocycles. The molecule has 1 aliphatic rings. The summed E-state index contributed by atoms with van der Waals surface area (Å²) in [6.07, 6.45) is 0.0391. The number of ether oxygens (including phenoxy) is 1. The van der Waals surface area contributed by atoms with E-state index in [1.807, 2.05) is 0 Å². The minimum Gasteiger partial charge on any atom is -0.481 e. The summed E-state index contributed by atoms with van der Waals surface area (Å²) in [5, 5.41) is 9.32. The summed E-state index contributed by atoms with van der Waals surface area (Å²) in [5.41, 5.74) is 0.621. The van der Waals surface area contributed by atoms with Crippen LogP contribution in [-0.2, 0) is 29.9 Å². The van der Waals surface area contributed by atoms with E-state index in [-0.39, 0.29) is 24.5 Å². The molecule has 1 aliphatic heterocycles. The Morgan fingerprint density at radius 3 is 2.40 bits per heavy atom. The number of carbonyl (C=O) groups excluding carboxylic acids is 1. The molecular formula is C17H23NO6S. The molecule has 0 aliphatic carbocycles. The Hall–Kier alpha value is -1.93. The first-order valence-corrected chi connectivity index (χ1v) is 10.0. The molecule has 0 aromatic heterocycles. The monoisotopic (exact) mass is 369 g/mol. The van der Waals surface area contributed by atoms with Crippen LogP contribution >= 0.6 is 0 Å². The molecule has 1 amide bonds. The van der Waals surface area contributed by atoms with Gasteiger partial charge in [0.2, 0.25) is 5.91 Å². The van der Waals surface area contributed by atoms with Crippen LogP contribution in [0.1, 0.15) is 18.4 Å². The second-order valence-corrected chi connectivity index (χ2v) is 8.22. The minimum atomic E-state index is -3.58. The largest absolute Gasteiger partial charge is 0.481 e. The van der Waals surface area contributed by atoms with Gasteiger partial charge in [0.1, 0.15) is 0 Å². The van der Waals surface area contributed by atoms with Crippen molar-refractivity contribution in [1.82, 2.24) is 4.90 Å². The van der Waals surface area contributed by atoms with Crippen molar-refractivity contribution >= 4 is 21.7 Å². The lowest BCUT2D eigenvalue weighted by molar-refractivity contribution is -0.141. The summed E-state index contributed by atoms with van der Waals surface area (Å²) >= 11 is 0. The molecule has 1 aromatic rings. The highest BCUT2D eigenvalue weighted by atomic mass is 32.2. The van der Waals surface area contributed by atoms with E-state index >= 15 is 0 Å². The quantitative estimate of drug-likeness (QED) is 0.732. The highest BCUT2D eigenvalue weighted by Crippen LogP contribution is 2.16. The average molecular weight is 369 g/mol. The third kappa shape index (κ3) is 6.47. The van der Waals surface area contributed by atoms with Gasteiger partial charge in [0.05, 0.1) is 30.6 Å².